The Morgan fingerprint density at radius 1 is 0.848 bits per heavy atom. The lowest BCUT2D eigenvalue weighted by Gasteiger charge is -2.57. The van der Waals surface area contributed by atoms with Gasteiger partial charge in [-0.2, -0.15) is 0 Å². The van der Waals surface area contributed by atoms with Gasteiger partial charge < -0.3 is 9.80 Å². The third-order valence-electron chi connectivity index (χ3n) is 9.48. The number of nitrogens with zero attached hydrogens (tertiary/aromatic N) is 3. The Morgan fingerprint density at radius 3 is 2.12 bits per heavy atom. The minimum atomic E-state index is -0.216. The number of amides is 2. The van der Waals surface area contributed by atoms with E-state index in [0.717, 1.165) is 69.9 Å². The second-order valence-electron chi connectivity index (χ2n) is 11.9. The summed E-state index contributed by atoms with van der Waals surface area (Å²) in [5.74, 6) is 3.08. The Kier molecular flexibility index (Phi) is 5.72. The highest BCUT2D eigenvalue weighted by atomic mass is 16.2. The van der Waals surface area contributed by atoms with Crippen molar-refractivity contribution in [3.05, 3.63) is 35.9 Å². The number of hydrogen-bond acceptors (Lipinski definition) is 3. The molecule has 4 bridgehead atoms. The van der Waals surface area contributed by atoms with E-state index < -0.39 is 0 Å². The Hall–Kier alpha value is -1.88. The van der Waals surface area contributed by atoms with Gasteiger partial charge in [0.15, 0.2) is 0 Å². The number of piperazine rings is 1. The molecule has 0 N–H and O–H groups in total. The molecular formula is C28H39N3O2. The molecule has 178 valence electrons. The molecule has 6 fully saturated rings. The van der Waals surface area contributed by atoms with Crippen molar-refractivity contribution in [1.29, 1.82) is 0 Å². The largest absolute Gasteiger partial charge is 0.338 e. The molecule has 2 aliphatic heterocycles. The summed E-state index contributed by atoms with van der Waals surface area (Å²) >= 11 is 0. The number of likely N-dealkylation sites (tertiary alicyclic amines) is 1. The van der Waals surface area contributed by atoms with Gasteiger partial charge in [0.1, 0.15) is 6.04 Å². The van der Waals surface area contributed by atoms with Crippen LogP contribution in [-0.2, 0) is 16.1 Å². The first-order chi connectivity index (χ1) is 16.1. The topological polar surface area (TPSA) is 43.9 Å². The van der Waals surface area contributed by atoms with E-state index in [4.69, 9.17) is 0 Å². The molecule has 0 aromatic heterocycles. The second kappa shape index (κ2) is 8.72. The first kappa shape index (κ1) is 21.6. The molecule has 1 aromatic rings. The molecule has 5 heteroatoms. The maximum Gasteiger partial charge on any atom is 0.245 e. The number of benzene rings is 1. The van der Waals surface area contributed by atoms with Gasteiger partial charge in [-0.3, -0.25) is 14.5 Å². The molecule has 5 nitrogen and oxygen atoms in total. The number of rotatable bonds is 5. The summed E-state index contributed by atoms with van der Waals surface area (Å²) in [5.41, 5.74) is 1.58. The molecule has 1 aromatic carbocycles. The van der Waals surface area contributed by atoms with Crippen LogP contribution in [0.3, 0.4) is 0 Å². The van der Waals surface area contributed by atoms with Crippen molar-refractivity contribution >= 4 is 11.8 Å². The van der Waals surface area contributed by atoms with E-state index in [1.165, 1.54) is 44.1 Å². The van der Waals surface area contributed by atoms with Gasteiger partial charge in [0, 0.05) is 45.7 Å². The summed E-state index contributed by atoms with van der Waals surface area (Å²) in [4.78, 5) is 33.4. The summed E-state index contributed by atoms with van der Waals surface area (Å²) in [6.07, 6.45) is 10.5. The average Bonchev–Trinajstić information content (AvgIpc) is 3.29. The quantitative estimate of drug-likeness (QED) is 0.684. The lowest BCUT2D eigenvalue weighted by Crippen LogP contribution is -2.55. The summed E-state index contributed by atoms with van der Waals surface area (Å²) < 4.78 is 0. The highest BCUT2D eigenvalue weighted by Crippen LogP contribution is 2.61. The molecule has 2 heterocycles. The van der Waals surface area contributed by atoms with Gasteiger partial charge in [0.05, 0.1) is 0 Å². The van der Waals surface area contributed by atoms with Gasteiger partial charge in [-0.1, -0.05) is 30.3 Å². The van der Waals surface area contributed by atoms with E-state index in [1.54, 1.807) is 0 Å². The Labute approximate surface area is 198 Å². The Bertz CT molecular complexity index is 841. The van der Waals surface area contributed by atoms with Crippen LogP contribution >= 0.6 is 0 Å². The Morgan fingerprint density at radius 2 is 1.48 bits per heavy atom. The monoisotopic (exact) mass is 449 g/mol. The summed E-state index contributed by atoms with van der Waals surface area (Å²) in [6, 6.07) is 10.4. The molecule has 4 saturated carbocycles. The van der Waals surface area contributed by atoms with Gasteiger partial charge in [-0.05, 0) is 80.1 Å². The third kappa shape index (κ3) is 4.34. The minimum absolute atomic E-state index is 0.200. The SMILES string of the molecule is O=C(C1CCCN1C(=O)CC12CC3CC(CC(C3)C1)C2)N1CCN(Cc2ccccc2)CC1. The molecule has 1 unspecified atom stereocenters. The van der Waals surface area contributed by atoms with Crippen LogP contribution < -0.4 is 0 Å². The maximum absolute atomic E-state index is 13.5. The van der Waals surface area contributed by atoms with Gasteiger partial charge in [-0.25, -0.2) is 0 Å². The number of carbonyl (C=O) groups is 2. The van der Waals surface area contributed by atoms with Crippen LogP contribution in [0, 0.1) is 23.2 Å². The van der Waals surface area contributed by atoms with Crippen molar-refractivity contribution in [2.75, 3.05) is 32.7 Å². The molecular weight excluding hydrogens is 410 g/mol. The van der Waals surface area contributed by atoms with Crippen LogP contribution in [-0.4, -0.2) is 65.3 Å². The predicted octanol–water partition coefficient (Wildman–Crippen LogP) is 3.93. The summed E-state index contributed by atoms with van der Waals surface area (Å²) in [7, 11) is 0. The molecule has 4 aliphatic carbocycles. The summed E-state index contributed by atoms with van der Waals surface area (Å²) in [6.45, 7) is 5.10. The van der Waals surface area contributed by atoms with E-state index in [1.807, 2.05) is 9.80 Å². The zero-order valence-corrected chi connectivity index (χ0v) is 20.0. The molecule has 2 saturated heterocycles. The predicted molar refractivity (Wildman–Crippen MR) is 128 cm³/mol. The van der Waals surface area contributed by atoms with Gasteiger partial charge in [0.25, 0.3) is 0 Å². The first-order valence-corrected chi connectivity index (χ1v) is 13.4. The molecule has 7 rings (SSSR count). The van der Waals surface area contributed by atoms with Gasteiger partial charge >= 0.3 is 0 Å². The van der Waals surface area contributed by atoms with Crippen LogP contribution in [0.1, 0.15) is 63.4 Å². The third-order valence-corrected chi connectivity index (χ3v) is 9.48. The number of hydrogen-bond donors (Lipinski definition) is 0. The Balaban J connectivity index is 1.05. The van der Waals surface area contributed by atoms with Crippen molar-refractivity contribution in [1.82, 2.24) is 14.7 Å². The maximum atomic E-state index is 13.5. The molecule has 6 aliphatic rings. The second-order valence-corrected chi connectivity index (χ2v) is 11.9. The van der Waals surface area contributed by atoms with Crippen molar-refractivity contribution in [3.8, 4) is 0 Å². The smallest absolute Gasteiger partial charge is 0.245 e. The van der Waals surface area contributed by atoms with E-state index in [-0.39, 0.29) is 23.3 Å². The zero-order chi connectivity index (χ0) is 22.4. The lowest BCUT2D eigenvalue weighted by atomic mass is 9.49. The number of carbonyl (C=O) groups excluding carboxylic acids is 2. The first-order valence-electron chi connectivity index (χ1n) is 13.4. The van der Waals surface area contributed by atoms with Crippen molar-refractivity contribution in [2.24, 2.45) is 23.2 Å². The van der Waals surface area contributed by atoms with Gasteiger partial charge in [-0.15, -0.1) is 0 Å². The standard InChI is InChI=1S/C28H39N3O2/c32-26(19-28-16-22-13-23(17-28)15-24(14-22)18-28)31-8-4-7-25(31)27(33)30-11-9-29(10-12-30)20-21-5-2-1-3-6-21/h1-3,5-6,22-25H,4,7-20H2. The van der Waals surface area contributed by atoms with Crippen molar-refractivity contribution in [3.63, 3.8) is 0 Å². The van der Waals surface area contributed by atoms with Crippen molar-refractivity contribution < 1.29 is 9.59 Å². The fourth-order valence-corrected chi connectivity index (χ4v) is 8.43. The highest BCUT2D eigenvalue weighted by molar-refractivity contribution is 5.88. The van der Waals surface area contributed by atoms with Crippen LogP contribution in [0.2, 0.25) is 0 Å². The van der Waals surface area contributed by atoms with E-state index in [9.17, 15) is 9.59 Å². The summed E-state index contributed by atoms with van der Waals surface area (Å²) in [5, 5.41) is 0. The van der Waals surface area contributed by atoms with Crippen LogP contribution in [0.5, 0.6) is 0 Å². The van der Waals surface area contributed by atoms with Crippen LogP contribution in [0.4, 0.5) is 0 Å². The minimum Gasteiger partial charge on any atom is -0.338 e. The average molecular weight is 450 g/mol. The lowest BCUT2D eigenvalue weighted by molar-refractivity contribution is -0.149. The van der Waals surface area contributed by atoms with E-state index in [2.05, 4.69) is 35.2 Å². The van der Waals surface area contributed by atoms with Gasteiger partial charge in [0.2, 0.25) is 11.8 Å². The fraction of sp³-hybridized carbons (Fsp3) is 0.714. The zero-order valence-electron chi connectivity index (χ0n) is 20.0. The normalized spacial score (nSPS) is 35.9. The van der Waals surface area contributed by atoms with E-state index >= 15 is 0 Å². The van der Waals surface area contributed by atoms with Crippen LogP contribution in [0.25, 0.3) is 0 Å². The van der Waals surface area contributed by atoms with E-state index in [0.29, 0.717) is 6.42 Å². The molecule has 1 atom stereocenters. The molecule has 33 heavy (non-hydrogen) atoms. The molecule has 0 spiro atoms. The molecule has 2 amide bonds. The van der Waals surface area contributed by atoms with Crippen LogP contribution in [0.15, 0.2) is 30.3 Å². The highest BCUT2D eigenvalue weighted by Gasteiger charge is 2.52. The fourth-order valence-electron chi connectivity index (χ4n) is 8.43. The van der Waals surface area contributed by atoms with Crippen molar-refractivity contribution in [2.45, 2.75) is 70.4 Å². The molecule has 0 radical (unpaired) electrons.